The minimum Gasteiger partial charge on any atom is -0.330 e. The van der Waals surface area contributed by atoms with Crippen LogP contribution < -0.4 is 5.73 Å². The number of rotatable bonds is 3. The Hall–Kier alpha value is -0.970. The summed E-state index contributed by atoms with van der Waals surface area (Å²) in [5.74, 6) is -2.53. The third-order valence-electron chi connectivity index (χ3n) is 4.67. The second kappa shape index (κ2) is 5.10. The Balaban J connectivity index is 2.43. The van der Waals surface area contributed by atoms with Gasteiger partial charge in [-0.05, 0) is 40.5 Å². The van der Waals surface area contributed by atoms with Crippen LogP contribution in [0, 0.1) is 13.8 Å². The monoisotopic (exact) mass is 285 g/mol. The largest absolute Gasteiger partial charge is 0.330 e. The highest BCUT2D eigenvalue weighted by atomic mass is 19.3. The van der Waals surface area contributed by atoms with Crippen LogP contribution in [0.5, 0.6) is 0 Å². The van der Waals surface area contributed by atoms with Gasteiger partial charge in [-0.25, -0.2) is 8.78 Å². The summed E-state index contributed by atoms with van der Waals surface area (Å²) >= 11 is 0. The van der Waals surface area contributed by atoms with Crippen LogP contribution in [-0.2, 0) is 5.41 Å². The number of alkyl halides is 2. The second-order valence-electron chi connectivity index (χ2n) is 6.42. The molecule has 20 heavy (non-hydrogen) atoms. The molecule has 0 aromatic carbocycles. The summed E-state index contributed by atoms with van der Waals surface area (Å²) in [6, 6.07) is 0.266. The third-order valence-corrected chi connectivity index (χ3v) is 4.67. The number of nitrogens with two attached hydrogens (primary N) is 1. The molecule has 1 aromatic rings. The maximum absolute atomic E-state index is 13.5. The molecule has 1 aromatic heterocycles. The first-order chi connectivity index (χ1) is 9.22. The minimum atomic E-state index is -2.53. The lowest BCUT2D eigenvalue weighted by atomic mass is 9.67. The van der Waals surface area contributed by atoms with Gasteiger partial charge in [0.05, 0.1) is 5.69 Å². The van der Waals surface area contributed by atoms with Gasteiger partial charge in [-0.1, -0.05) is 0 Å². The zero-order chi connectivity index (χ0) is 15.1. The standard InChI is InChI=1S/C15H25F2N3/c1-10(2)20-12(4)13(11(3)19-20)14(9-18)5-7-15(16,17)8-6-14/h10H,5-9,18H2,1-4H3. The van der Waals surface area contributed by atoms with Crippen molar-refractivity contribution in [1.29, 1.82) is 0 Å². The second-order valence-corrected chi connectivity index (χ2v) is 6.42. The van der Waals surface area contributed by atoms with Crippen molar-refractivity contribution in [2.45, 2.75) is 70.8 Å². The first-order valence-electron chi connectivity index (χ1n) is 7.36. The fourth-order valence-electron chi connectivity index (χ4n) is 3.58. The van der Waals surface area contributed by atoms with Gasteiger partial charge in [0.2, 0.25) is 5.92 Å². The number of nitrogens with zero attached hydrogens (tertiary/aromatic N) is 2. The van der Waals surface area contributed by atoms with Crippen LogP contribution in [-0.4, -0.2) is 22.2 Å². The molecule has 3 nitrogen and oxygen atoms in total. The van der Waals surface area contributed by atoms with Crippen molar-refractivity contribution < 1.29 is 8.78 Å². The molecule has 1 heterocycles. The molecule has 1 aliphatic carbocycles. The molecule has 1 aliphatic rings. The molecule has 2 rings (SSSR count). The van der Waals surface area contributed by atoms with Crippen LogP contribution in [0.4, 0.5) is 8.78 Å². The highest BCUT2D eigenvalue weighted by Gasteiger charge is 2.45. The minimum absolute atomic E-state index is 0.0735. The SMILES string of the molecule is Cc1nn(C(C)C)c(C)c1C1(CN)CCC(F)(F)CC1. The summed E-state index contributed by atoms with van der Waals surface area (Å²) in [5, 5.41) is 4.59. The van der Waals surface area contributed by atoms with E-state index in [1.54, 1.807) is 0 Å². The van der Waals surface area contributed by atoms with Gasteiger partial charge >= 0.3 is 0 Å². The summed E-state index contributed by atoms with van der Waals surface area (Å²) in [6.45, 7) is 8.56. The normalized spacial score (nSPS) is 21.4. The molecule has 114 valence electrons. The molecular formula is C15H25F2N3. The lowest BCUT2D eigenvalue weighted by Gasteiger charge is -2.40. The van der Waals surface area contributed by atoms with E-state index < -0.39 is 5.92 Å². The highest BCUT2D eigenvalue weighted by molar-refractivity contribution is 5.35. The fraction of sp³-hybridized carbons (Fsp3) is 0.800. The van der Waals surface area contributed by atoms with E-state index in [1.165, 1.54) is 0 Å². The van der Waals surface area contributed by atoms with Gasteiger partial charge in [0, 0.05) is 42.1 Å². The van der Waals surface area contributed by atoms with Crippen molar-refractivity contribution in [3.63, 3.8) is 0 Å². The summed E-state index contributed by atoms with van der Waals surface area (Å²) < 4.78 is 28.9. The zero-order valence-electron chi connectivity index (χ0n) is 12.8. The Kier molecular flexibility index (Phi) is 3.93. The molecule has 0 radical (unpaired) electrons. The predicted octanol–water partition coefficient (Wildman–Crippen LogP) is 3.49. The van der Waals surface area contributed by atoms with E-state index in [4.69, 9.17) is 5.73 Å². The van der Waals surface area contributed by atoms with Gasteiger partial charge in [-0.3, -0.25) is 4.68 Å². The van der Waals surface area contributed by atoms with E-state index in [-0.39, 0.29) is 24.3 Å². The van der Waals surface area contributed by atoms with Gasteiger partial charge in [-0.15, -0.1) is 0 Å². The molecule has 1 saturated carbocycles. The molecule has 0 saturated heterocycles. The van der Waals surface area contributed by atoms with Crippen molar-refractivity contribution in [2.75, 3.05) is 6.54 Å². The van der Waals surface area contributed by atoms with E-state index in [0.29, 0.717) is 19.4 Å². The first kappa shape index (κ1) is 15.4. The van der Waals surface area contributed by atoms with Crippen molar-refractivity contribution in [1.82, 2.24) is 9.78 Å². The van der Waals surface area contributed by atoms with Gasteiger partial charge < -0.3 is 5.73 Å². The highest BCUT2D eigenvalue weighted by Crippen LogP contribution is 2.46. The molecular weight excluding hydrogens is 260 g/mol. The van der Waals surface area contributed by atoms with Crippen LogP contribution in [0.2, 0.25) is 0 Å². The van der Waals surface area contributed by atoms with Crippen LogP contribution >= 0.6 is 0 Å². The lowest BCUT2D eigenvalue weighted by Crippen LogP contribution is -2.42. The number of aryl methyl sites for hydroxylation is 1. The number of hydrogen-bond donors (Lipinski definition) is 1. The molecule has 0 unspecified atom stereocenters. The van der Waals surface area contributed by atoms with Gasteiger partial charge in [0.25, 0.3) is 0 Å². The maximum Gasteiger partial charge on any atom is 0.248 e. The molecule has 5 heteroatoms. The number of aromatic nitrogens is 2. The molecule has 2 N–H and O–H groups in total. The quantitative estimate of drug-likeness (QED) is 0.924. The summed E-state index contributed by atoms with van der Waals surface area (Å²) in [4.78, 5) is 0. The summed E-state index contributed by atoms with van der Waals surface area (Å²) in [6.07, 6.45) is 0.746. The average molecular weight is 285 g/mol. The fourth-order valence-corrected chi connectivity index (χ4v) is 3.58. The van der Waals surface area contributed by atoms with E-state index in [1.807, 2.05) is 18.5 Å². The average Bonchev–Trinajstić information content (AvgIpc) is 2.67. The topological polar surface area (TPSA) is 43.8 Å². The lowest BCUT2D eigenvalue weighted by molar-refractivity contribution is -0.0510. The molecule has 1 fully saturated rings. The molecule has 0 atom stereocenters. The van der Waals surface area contributed by atoms with Crippen LogP contribution in [0.25, 0.3) is 0 Å². The Morgan fingerprint density at radius 2 is 1.75 bits per heavy atom. The summed E-state index contributed by atoms with van der Waals surface area (Å²) in [5.41, 5.74) is 8.78. The summed E-state index contributed by atoms with van der Waals surface area (Å²) in [7, 11) is 0. The zero-order valence-corrected chi connectivity index (χ0v) is 12.8. The number of halogens is 2. The van der Waals surface area contributed by atoms with Crippen LogP contribution in [0.15, 0.2) is 0 Å². The van der Waals surface area contributed by atoms with E-state index >= 15 is 0 Å². The molecule has 0 amide bonds. The van der Waals surface area contributed by atoms with Crippen molar-refractivity contribution >= 4 is 0 Å². The Labute approximate surface area is 119 Å². The van der Waals surface area contributed by atoms with Crippen molar-refractivity contribution in [2.24, 2.45) is 5.73 Å². The predicted molar refractivity (Wildman–Crippen MR) is 76.2 cm³/mol. The molecule has 0 bridgehead atoms. The van der Waals surface area contributed by atoms with E-state index in [2.05, 4.69) is 18.9 Å². The van der Waals surface area contributed by atoms with Gasteiger partial charge in [0.15, 0.2) is 0 Å². The first-order valence-corrected chi connectivity index (χ1v) is 7.36. The Bertz CT molecular complexity index is 482. The van der Waals surface area contributed by atoms with Crippen molar-refractivity contribution in [3.05, 3.63) is 17.0 Å². The third kappa shape index (κ3) is 2.48. The van der Waals surface area contributed by atoms with Crippen LogP contribution in [0.3, 0.4) is 0 Å². The van der Waals surface area contributed by atoms with E-state index in [0.717, 1.165) is 17.0 Å². The van der Waals surface area contributed by atoms with Crippen molar-refractivity contribution in [3.8, 4) is 0 Å². The van der Waals surface area contributed by atoms with Gasteiger partial charge in [-0.2, -0.15) is 5.10 Å². The maximum atomic E-state index is 13.5. The Morgan fingerprint density at radius 1 is 1.20 bits per heavy atom. The number of hydrogen-bond acceptors (Lipinski definition) is 2. The van der Waals surface area contributed by atoms with E-state index in [9.17, 15) is 8.78 Å². The smallest absolute Gasteiger partial charge is 0.248 e. The molecule has 0 aliphatic heterocycles. The molecule has 0 spiro atoms. The van der Waals surface area contributed by atoms with Gasteiger partial charge in [0.1, 0.15) is 0 Å². The Morgan fingerprint density at radius 3 is 2.15 bits per heavy atom. The van der Waals surface area contributed by atoms with Crippen LogP contribution in [0.1, 0.15) is 62.5 Å².